The van der Waals surface area contributed by atoms with Crippen molar-refractivity contribution in [1.29, 1.82) is 0 Å². The van der Waals surface area contributed by atoms with Crippen LogP contribution in [0.1, 0.15) is 63.5 Å². The lowest BCUT2D eigenvalue weighted by molar-refractivity contribution is -0.138. The molecule has 0 spiro atoms. The number of imide groups is 1. The Balaban J connectivity index is 1.04. The van der Waals surface area contributed by atoms with Gasteiger partial charge in [-0.1, -0.05) is 0 Å². The lowest BCUT2D eigenvalue weighted by Crippen LogP contribution is -2.48. The van der Waals surface area contributed by atoms with E-state index >= 15 is 4.39 Å². The number of likely N-dealkylation sites (N-methyl/N-ethyl adjacent to an activating group) is 1. The van der Waals surface area contributed by atoms with E-state index in [1.165, 1.54) is 19.3 Å². The number of alkyl halides is 6. The van der Waals surface area contributed by atoms with Crippen molar-refractivity contribution in [3.63, 3.8) is 0 Å². The molecular weight excluding hydrogens is 870 g/mol. The van der Waals surface area contributed by atoms with E-state index in [0.717, 1.165) is 11.0 Å². The second-order valence-electron chi connectivity index (χ2n) is 14.8. The maximum absolute atomic E-state index is 15.5. The number of halogens is 7. The summed E-state index contributed by atoms with van der Waals surface area (Å²) in [6.07, 6.45) is -5.15. The molecule has 2 saturated heterocycles. The van der Waals surface area contributed by atoms with Crippen LogP contribution in [-0.2, 0) is 40.3 Å². The first-order valence-corrected chi connectivity index (χ1v) is 20.7. The number of benzene rings is 1. The summed E-state index contributed by atoms with van der Waals surface area (Å²) in [5, 5.41) is 5.79. The minimum atomic E-state index is -4.94. The van der Waals surface area contributed by atoms with Gasteiger partial charge in [-0.25, -0.2) is 27.9 Å². The number of fused-ring (bicyclic) bond motifs is 1. The Morgan fingerprint density at radius 1 is 1.02 bits per heavy atom. The number of piperidine rings is 1. The number of carbonyl (C=O) groups is 4. The van der Waals surface area contributed by atoms with Crippen molar-refractivity contribution >= 4 is 58.4 Å². The van der Waals surface area contributed by atoms with Crippen LogP contribution < -0.4 is 21.3 Å². The Morgan fingerprint density at radius 2 is 1.68 bits per heavy atom. The fourth-order valence-corrected chi connectivity index (χ4v) is 8.73. The minimum absolute atomic E-state index is 0.0383. The van der Waals surface area contributed by atoms with Gasteiger partial charge in [0.1, 0.15) is 52.1 Å². The Hall–Kier alpha value is -5.82. The fourth-order valence-electron chi connectivity index (χ4n) is 7.44. The molecule has 25 heteroatoms. The first-order chi connectivity index (χ1) is 29.8. The van der Waals surface area contributed by atoms with Crippen LogP contribution in [0.3, 0.4) is 0 Å². The maximum atomic E-state index is 15.5. The second-order valence-corrected chi connectivity index (χ2v) is 16.2. The third-order valence-electron chi connectivity index (χ3n) is 10.8. The van der Waals surface area contributed by atoms with Crippen LogP contribution in [-0.4, -0.2) is 139 Å². The summed E-state index contributed by atoms with van der Waals surface area (Å²) < 4.78 is 112. The standard InChI is InChI=1S/C38H43F7N12O5S/c1-47-33(59)28(4-3-13-58)57-34(60)24-14-27(39)29(15-25(24)35(57)61)55-11-9-54(10-12-55)20-30-49-19-31(53(30)2)63(62)56-7-5-23(6-8-56)51-36-50-18-26(38(43,44)45)32(52-36)22(16-46)17-48-21-37(40,41)42/h13-19,23,28H,3-12,20-21,46H2,1-2H3,(H,47,59)(H,50,51,52)/b22-16+,48-17?. The highest BCUT2D eigenvalue weighted by molar-refractivity contribution is 7.82. The van der Waals surface area contributed by atoms with Crippen molar-refractivity contribution in [3.05, 3.63) is 64.8 Å². The highest BCUT2D eigenvalue weighted by Crippen LogP contribution is 2.35. The molecular formula is C38H43F7N12O5S. The van der Waals surface area contributed by atoms with Crippen LogP contribution in [0, 0.1) is 5.82 Å². The SMILES string of the molecule is CNC(=O)C(CCC=O)N1C(=O)c2cc(F)c(N3CCN(Cc4ncc(S(=O)N5CCC(Nc6ncc(C(F)(F)F)c(/C(C=NCC(F)(F)F)=C/N)n6)CC5)n4C)CC3)cc2C1=O. The number of allylic oxidation sites excluding steroid dienone is 1. The molecule has 17 nitrogen and oxygen atoms in total. The molecule has 340 valence electrons. The zero-order valence-corrected chi connectivity index (χ0v) is 34.7. The van der Waals surface area contributed by atoms with E-state index in [1.54, 1.807) is 20.8 Å². The Labute approximate surface area is 358 Å². The quantitative estimate of drug-likeness (QED) is 0.0873. The largest absolute Gasteiger partial charge is 0.419 e. The zero-order chi connectivity index (χ0) is 45.8. The number of piperazine rings is 1. The summed E-state index contributed by atoms with van der Waals surface area (Å²) in [5.41, 5.74) is 2.83. The number of nitrogens with one attached hydrogen (secondary N) is 2. The highest BCUT2D eigenvalue weighted by atomic mass is 32.2. The lowest BCUT2D eigenvalue weighted by atomic mass is 10.1. The van der Waals surface area contributed by atoms with Crippen LogP contribution in [0.25, 0.3) is 5.57 Å². The molecule has 1 aromatic carbocycles. The first kappa shape index (κ1) is 46.7. The number of nitrogens with zero attached hydrogens (tertiary/aromatic N) is 9. The number of hydrogen-bond acceptors (Lipinski definition) is 13. The van der Waals surface area contributed by atoms with Crippen LogP contribution in [0.4, 0.5) is 42.4 Å². The number of carbonyl (C=O) groups excluding carboxylic acids is 4. The van der Waals surface area contributed by atoms with Gasteiger partial charge in [0, 0.05) is 90.0 Å². The van der Waals surface area contributed by atoms with E-state index < -0.39 is 76.3 Å². The second kappa shape index (κ2) is 19.3. The smallest absolute Gasteiger partial charge is 0.404 e. The zero-order valence-electron chi connectivity index (χ0n) is 33.9. The van der Waals surface area contributed by atoms with Crippen LogP contribution in [0.15, 0.2) is 40.7 Å². The molecule has 2 atom stereocenters. The number of nitrogens with two attached hydrogens (primary N) is 1. The van der Waals surface area contributed by atoms with Crippen LogP contribution in [0.5, 0.6) is 0 Å². The predicted octanol–water partition coefficient (Wildman–Crippen LogP) is 2.91. The molecule has 3 aliphatic heterocycles. The van der Waals surface area contributed by atoms with Crippen molar-refractivity contribution < 1.29 is 54.1 Å². The van der Waals surface area contributed by atoms with E-state index in [4.69, 9.17) is 5.73 Å². The predicted molar refractivity (Wildman–Crippen MR) is 214 cm³/mol. The van der Waals surface area contributed by atoms with Crippen molar-refractivity contribution in [2.75, 3.05) is 63.1 Å². The molecule has 4 N–H and O–H groups in total. The van der Waals surface area contributed by atoms with E-state index in [1.807, 2.05) is 0 Å². The summed E-state index contributed by atoms with van der Waals surface area (Å²) >= 11 is 0. The van der Waals surface area contributed by atoms with Gasteiger partial charge in [0.05, 0.1) is 35.2 Å². The van der Waals surface area contributed by atoms with Gasteiger partial charge in [-0.2, -0.15) is 26.3 Å². The van der Waals surface area contributed by atoms with Crippen molar-refractivity contribution in [2.45, 2.75) is 61.7 Å². The maximum Gasteiger partial charge on any atom is 0.419 e. The molecule has 2 aromatic heterocycles. The monoisotopic (exact) mass is 912 g/mol. The van der Waals surface area contributed by atoms with Gasteiger partial charge in [-0.05, 0) is 31.4 Å². The number of anilines is 2. The summed E-state index contributed by atoms with van der Waals surface area (Å²) in [4.78, 5) is 70.1. The van der Waals surface area contributed by atoms with Crippen molar-refractivity contribution in [3.8, 4) is 0 Å². The number of amides is 3. The number of imidazole rings is 1. The summed E-state index contributed by atoms with van der Waals surface area (Å²) in [5.74, 6) is -2.51. The van der Waals surface area contributed by atoms with Gasteiger partial charge in [-0.15, -0.1) is 0 Å². The lowest BCUT2D eigenvalue weighted by Gasteiger charge is -2.36. The van der Waals surface area contributed by atoms with Crippen molar-refractivity contribution in [1.82, 2.24) is 38.9 Å². The summed E-state index contributed by atoms with van der Waals surface area (Å²) in [6.45, 7) is 0.996. The molecule has 6 rings (SSSR count). The molecule has 2 unspecified atom stereocenters. The molecule has 63 heavy (non-hydrogen) atoms. The topological polar surface area (TPSA) is 204 Å². The van der Waals surface area contributed by atoms with Gasteiger partial charge in [0.15, 0.2) is 0 Å². The van der Waals surface area contributed by atoms with E-state index in [9.17, 15) is 49.7 Å². The molecule has 3 amide bonds. The third kappa shape index (κ3) is 10.5. The third-order valence-corrected chi connectivity index (χ3v) is 12.3. The molecule has 3 aromatic rings. The van der Waals surface area contributed by atoms with Gasteiger partial charge in [0.2, 0.25) is 11.9 Å². The normalized spacial score (nSPS) is 18.3. The summed E-state index contributed by atoms with van der Waals surface area (Å²) in [6, 6.07) is 0.732. The number of aliphatic imine (C=N–C) groups is 1. The Kier molecular flexibility index (Phi) is 14.3. The number of hydrogen-bond donors (Lipinski definition) is 3. The Bertz CT molecular complexity index is 2310. The summed E-state index contributed by atoms with van der Waals surface area (Å²) in [7, 11) is 1.43. The van der Waals surface area contributed by atoms with Crippen LogP contribution >= 0.6 is 0 Å². The highest BCUT2D eigenvalue weighted by Gasteiger charge is 2.44. The number of rotatable bonds is 15. The Morgan fingerprint density at radius 3 is 2.29 bits per heavy atom. The average molecular weight is 913 g/mol. The first-order valence-electron chi connectivity index (χ1n) is 19.6. The minimum Gasteiger partial charge on any atom is -0.404 e. The number of aldehydes is 1. The molecule has 5 heterocycles. The molecule has 0 bridgehead atoms. The molecule has 3 aliphatic rings. The molecule has 0 aliphatic carbocycles. The van der Waals surface area contributed by atoms with Gasteiger partial charge < -0.3 is 30.6 Å². The fraction of sp³-hybridized carbons (Fsp3) is 0.474. The van der Waals surface area contributed by atoms with Gasteiger partial charge >= 0.3 is 12.4 Å². The average Bonchev–Trinajstić information content (AvgIpc) is 3.72. The number of aromatic nitrogens is 4. The molecule has 0 saturated carbocycles. The molecule has 0 radical (unpaired) electrons. The van der Waals surface area contributed by atoms with Crippen LogP contribution in [0.2, 0.25) is 0 Å². The van der Waals surface area contributed by atoms with Gasteiger partial charge in [0.25, 0.3) is 11.8 Å². The van der Waals surface area contributed by atoms with Crippen molar-refractivity contribution in [2.24, 2.45) is 17.8 Å². The van der Waals surface area contributed by atoms with Gasteiger partial charge in [-0.3, -0.25) is 29.2 Å². The molecule has 2 fully saturated rings. The van der Waals surface area contributed by atoms with E-state index in [-0.39, 0.29) is 41.6 Å². The van der Waals surface area contributed by atoms with E-state index in [0.29, 0.717) is 94.4 Å². The van der Waals surface area contributed by atoms with E-state index in [2.05, 4.69) is 35.5 Å².